The molecular weight excluding hydrogens is 431 g/mol. The number of anilines is 2. The Morgan fingerprint density at radius 3 is 2.72 bits per heavy atom. The number of nitrogens with zero attached hydrogens (tertiary/aromatic N) is 3. The van der Waals surface area contributed by atoms with Gasteiger partial charge in [0.15, 0.2) is 23.2 Å². The normalized spacial score (nSPS) is 10.6. The van der Waals surface area contributed by atoms with Gasteiger partial charge in [0.2, 0.25) is 0 Å². The van der Waals surface area contributed by atoms with E-state index < -0.39 is 5.82 Å². The first-order chi connectivity index (χ1) is 15.5. The van der Waals surface area contributed by atoms with E-state index in [1.165, 1.54) is 37.5 Å². The molecule has 2 heterocycles. The van der Waals surface area contributed by atoms with Crippen molar-refractivity contribution in [2.45, 2.75) is 13.5 Å². The molecule has 6 nitrogen and oxygen atoms in total. The lowest BCUT2D eigenvalue weighted by Gasteiger charge is -2.15. The van der Waals surface area contributed by atoms with Crippen molar-refractivity contribution in [3.8, 4) is 17.1 Å². The molecule has 0 unspecified atom stereocenters. The van der Waals surface area contributed by atoms with Crippen molar-refractivity contribution in [3.05, 3.63) is 95.2 Å². The van der Waals surface area contributed by atoms with Gasteiger partial charge in [0.25, 0.3) is 0 Å². The van der Waals surface area contributed by atoms with Crippen LogP contribution in [0.2, 0.25) is 5.02 Å². The zero-order valence-corrected chi connectivity index (χ0v) is 17.8. The number of carbonyl (C=O) groups is 1. The molecule has 0 amide bonds. The summed E-state index contributed by atoms with van der Waals surface area (Å²) < 4.78 is 20.3. The first-order valence-electron chi connectivity index (χ1n) is 9.72. The number of Topliss-reactive ketones (excluding diaryl/α,β-unsaturated/α-hetero) is 1. The van der Waals surface area contributed by atoms with Crippen LogP contribution in [0.4, 0.5) is 15.9 Å². The average Bonchev–Trinajstić information content (AvgIpc) is 2.80. The monoisotopic (exact) mass is 448 g/mol. The number of ether oxygens (including phenoxy) is 1. The van der Waals surface area contributed by atoms with Gasteiger partial charge < -0.3 is 10.1 Å². The maximum Gasteiger partial charge on any atom is 0.180 e. The van der Waals surface area contributed by atoms with Crippen molar-refractivity contribution in [1.82, 2.24) is 15.0 Å². The lowest BCUT2D eigenvalue weighted by atomic mass is 10.1. The Kier molecular flexibility index (Phi) is 6.37. The molecule has 4 rings (SSSR count). The van der Waals surface area contributed by atoms with Gasteiger partial charge in [-0.15, -0.1) is 0 Å². The number of ketones is 1. The lowest BCUT2D eigenvalue weighted by molar-refractivity contribution is 0.101. The van der Waals surface area contributed by atoms with Crippen LogP contribution in [0.3, 0.4) is 0 Å². The Balaban J connectivity index is 1.74. The van der Waals surface area contributed by atoms with Gasteiger partial charge in [0.05, 0.1) is 23.0 Å². The largest absolute Gasteiger partial charge is 0.483 e. The number of carbonyl (C=O) groups excluding carboxylic acids is 1. The molecule has 0 atom stereocenters. The number of hydrogen-bond donors (Lipinski definition) is 1. The summed E-state index contributed by atoms with van der Waals surface area (Å²) in [5.41, 5.74) is 1.98. The van der Waals surface area contributed by atoms with Crippen LogP contribution in [0.5, 0.6) is 5.75 Å². The van der Waals surface area contributed by atoms with E-state index in [-0.39, 0.29) is 29.6 Å². The van der Waals surface area contributed by atoms with Crippen molar-refractivity contribution in [2.75, 3.05) is 5.32 Å². The van der Waals surface area contributed by atoms with E-state index >= 15 is 0 Å². The van der Waals surface area contributed by atoms with Gasteiger partial charge in [-0.25, -0.2) is 14.4 Å². The van der Waals surface area contributed by atoms with E-state index in [0.717, 1.165) is 5.56 Å². The van der Waals surface area contributed by atoms with Gasteiger partial charge in [-0.3, -0.25) is 9.78 Å². The van der Waals surface area contributed by atoms with Crippen molar-refractivity contribution in [2.24, 2.45) is 0 Å². The van der Waals surface area contributed by atoms with Gasteiger partial charge in [0, 0.05) is 17.4 Å². The second-order valence-corrected chi connectivity index (χ2v) is 7.34. The van der Waals surface area contributed by atoms with Crippen molar-refractivity contribution in [1.29, 1.82) is 0 Å². The van der Waals surface area contributed by atoms with Crippen LogP contribution in [0.1, 0.15) is 22.8 Å². The summed E-state index contributed by atoms with van der Waals surface area (Å²) in [7, 11) is 0. The number of rotatable bonds is 7. The molecule has 160 valence electrons. The fourth-order valence-electron chi connectivity index (χ4n) is 3.01. The fourth-order valence-corrected chi connectivity index (χ4v) is 3.18. The fraction of sp³-hybridized carbons (Fsp3) is 0.0833. The predicted octanol–water partition coefficient (Wildman–Crippen LogP) is 5.86. The van der Waals surface area contributed by atoms with Crippen LogP contribution in [0, 0.1) is 5.82 Å². The first kappa shape index (κ1) is 21.4. The second kappa shape index (κ2) is 9.53. The summed E-state index contributed by atoms with van der Waals surface area (Å²) in [5.74, 6) is 0.0671. The summed E-state index contributed by atoms with van der Waals surface area (Å²) in [4.78, 5) is 24.8. The molecule has 32 heavy (non-hydrogen) atoms. The van der Waals surface area contributed by atoms with E-state index in [1.807, 2.05) is 30.3 Å². The van der Waals surface area contributed by atoms with E-state index in [0.29, 0.717) is 22.0 Å². The Bertz CT molecular complexity index is 1270. The Labute approximate surface area is 189 Å². The third-order valence-electron chi connectivity index (χ3n) is 4.62. The summed E-state index contributed by atoms with van der Waals surface area (Å²) >= 11 is 6.03. The average molecular weight is 449 g/mol. The summed E-state index contributed by atoms with van der Waals surface area (Å²) in [6, 6.07) is 15.4. The lowest BCUT2D eigenvalue weighted by Crippen LogP contribution is -2.06. The number of hydrogen-bond acceptors (Lipinski definition) is 6. The molecule has 0 aliphatic heterocycles. The second-order valence-electron chi connectivity index (χ2n) is 6.91. The van der Waals surface area contributed by atoms with E-state index in [4.69, 9.17) is 16.3 Å². The molecular formula is C24H18ClFN4O2. The maximum atomic E-state index is 14.4. The van der Waals surface area contributed by atoms with Crippen molar-refractivity contribution >= 4 is 28.9 Å². The summed E-state index contributed by atoms with van der Waals surface area (Å²) in [6.45, 7) is 1.72. The van der Waals surface area contributed by atoms with Crippen LogP contribution in [0.15, 0.2) is 73.2 Å². The quantitative estimate of drug-likeness (QED) is 0.357. The standard InChI is InChI=1S/C24H18ClFN4O2/c1-15(31)19-12-27-10-9-21(19)29-24-22(32-14-16-5-3-2-4-6-16)13-28-23(30-24)18-11-17(25)7-8-20(18)26/h2-13H,14H2,1H3,(H,27,28,29,30). The maximum absolute atomic E-state index is 14.4. The van der Waals surface area contributed by atoms with Crippen molar-refractivity contribution < 1.29 is 13.9 Å². The topological polar surface area (TPSA) is 77.0 Å². The Morgan fingerprint density at radius 1 is 1.12 bits per heavy atom. The van der Waals surface area contributed by atoms with Crippen LogP contribution in [0.25, 0.3) is 11.4 Å². The molecule has 0 aliphatic carbocycles. The number of benzene rings is 2. The van der Waals surface area contributed by atoms with Crippen molar-refractivity contribution in [3.63, 3.8) is 0 Å². The molecule has 0 aliphatic rings. The number of halogens is 2. The van der Waals surface area contributed by atoms with E-state index in [2.05, 4.69) is 20.3 Å². The van der Waals surface area contributed by atoms with Crippen LogP contribution < -0.4 is 10.1 Å². The third kappa shape index (κ3) is 4.90. The highest BCUT2D eigenvalue weighted by molar-refractivity contribution is 6.30. The molecule has 0 radical (unpaired) electrons. The van der Waals surface area contributed by atoms with Gasteiger partial charge in [-0.1, -0.05) is 41.9 Å². The number of aromatic nitrogens is 3. The van der Waals surface area contributed by atoms with Gasteiger partial charge in [-0.05, 0) is 36.8 Å². The van der Waals surface area contributed by atoms with Crippen LogP contribution >= 0.6 is 11.6 Å². The highest BCUT2D eigenvalue weighted by Gasteiger charge is 2.16. The van der Waals surface area contributed by atoms with Gasteiger partial charge in [-0.2, -0.15) is 0 Å². The number of pyridine rings is 1. The minimum Gasteiger partial charge on any atom is -0.483 e. The minimum absolute atomic E-state index is 0.123. The molecule has 2 aromatic carbocycles. The molecule has 0 saturated heterocycles. The van der Waals surface area contributed by atoms with Crippen LogP contribution in [-0.4, -0.2) is 20.7 Å². The predicted molar refractivity (Wildman–Crippen MR) is 121 cm³/mol. The smallest absolute Gasteiger partial charge is 0.180 e. The zero-order chi connectivity index (χ0) is 22.5. The van der Waals surface area contributed by atoms with E-state index in [1.54, 1.807) is 12.3 Å². The highest BCUT2D eigenvalue weighted by Crippen LogP contribution is 2.31. The highest BCUT2D eigenvalue weighted by atomic mass is 35.5. The molecule has 8 heteroatoms. The molecule has 0 bridgehead atoms. The Morgan fingerprint density at radius 2 is 1.94 bits per heavy atom. The van der Waals surface area contributed by atoms with Crippen LogP contribution in [-0.2, 0) is 6.61 Å². The first-order valence-corrected chi connectivity index (χ1v) is 10.1. The molecule has 0 fully saturated rings. The van der Waals surface area contributed by atoms with E-state index in [9.17, 15) is 9.18 Å². The molecule has 0 spiro atoms. The molecule has 0 saturated carbocycles. The molecule has 4 aromatic rings. The molecule has 1 N–H and O–H groups in total. The third-order valence-corrected chi connectivity index (χ3v) is 4.85. The Hall–Kier alpha value is -3.84. The summed E-state index contributed by atoms with van der Waals surface area (Å²) in [5, 5.41) is 3.47. The zero-order valence-electron chi connectivity index (χ0n) is 17.0. The number of nitrogens with one attached hydrogen (secondary N) is 1. The van der Waals surface area contributed by atoms with Gasteiger partial charge in [0.1, 0.15) is 12.4 Å². The SMILES string of the molecule is CC(=O)c1cnccc1Nc1nc(-c2cc(Cl)ccc2F)ncc1OCc1ccccc1. The summed E-state index contributed by atoms with van der Waals surface area (Å²) in [6.07, 6.45) is 4.48. The minimum atomic E-state index is -0.508. The molecule has 2 aromatic heterocycles. The van der Waals surface area contributed by atoms with Gasteiger partial charge >= 0.3 is 0 Å².